The van der Waals surface area contributed by atoms with Crippen LogP contribution < -0.4 is 9.62 Å². The number of aromatic nitrogens is 2. The molecule has 1 saturated carbocycles. The molecule has 9 heteroatoms. The van der Waals surface area contributed by atoms with E-state index in [1.165, 1.54) is 12.8 Å². The number of allylic oxidation sites excluding steroid dienone is 1. The minimum atomic E-state index is 0.0259. The number of amides is 1. The summed E-state index contributed by atoms with van der Waals surface area (Å²) in [6, 6.07) is 2.06. The summed E-state index contributed by atoms with van der Waals surface area (Å²) in [5.74, 6) is 1.34. The minimum Gasteiger partial charge on any atom is -0.376 e. The number of piperidine rings is 1. The van der Waals surface area contributed by atoms with Gasteiger partial charge in [0.1, 0.15) is 10.8 Å². The summed E-state index contributed by atoms with van der Waals surface area (Å²) < 4.78 is 6.49. The fourth-order valence-electron chi connectivity index (χ4n) is 4.59. The van der Waals surface area contributed by atoms with Gasteiger partial charge in [0, 0.05) is 49.7 Å². The van der Waals surface area contributed by atoms with Gasteiger partial charge in [0.25, 0.3) is 5.91 Å². The van der Waals surface area contributed by atoms with Crippen LogP contribution in [-0.4, -0.2) is 50.7 Å². The van der Waals surface area contributed by atoms with Gasteiger partial charge < -0.3 is 9.80 Å². The van der Waals surface area contributed by atoms with E-state index in [9.17, 15) is 4.79 Å². The molecule has 5 rings (SSSR count). The van der Waals surface area contributed by atoms with Crippen LogP contribution in [0.4, 0.5) is 5.00 Å². The lowest BCUT2D eigenvalue weighted by Gasteiger charge is -2.41. The van der Waals surface area contributed by atoms with E-state index >= 15 is 0 Å². The summed E-state index contributed by atoms with van der Waals surface area (Å²) >= 11 is 3.36. The van der Waals surface area contributed by atoms with Gasteiger partial charge in [-0.1, -0.05) is 13.2 Å². The monoisotopic (exact) mass is 498 g/mol. The fraction of sp³-hybridized carbons (Fsp3) is 0.520. The standard InChI is InChI=1S/C25H34N6OS2/c1-17(2)29-10-6-19(7-11-29)15-31-18(3)30(16-20-13-26-28(5)14-20)23(32)21-12-22(33-24(21)31)34-27-25(4)8-9-25/h12-14,19,27H,1,3,6-11,15-16H2,2,4-5H3. The molecule has 2 aliphatic heterocycles. The van der Waals surface area contributed by atoms with E-state index in [4.69, 9.17) is 0 Å². The first-order valence-corrected chi connectivity index (χ1v) is 13.6. The average Bonchev–Trinajstić information content (AvgIpc) is 3.19. The van der Waals surface area contributed by atoms with Crippen LogP contribution in [0.2, 0.25) is 0 Å². The molecule has 2 fully saturated rings. The Balaban J connectivity index is 1.39. The number of carbonyl (C=O) groups excluding carboxylic acids is 1. The van der Waals surface area contributed by atoms with Gasteiger partial charge in [0.2, 0.25) is 0 Å². The minimum absolute atomic E-state index is 0.0259. The van der Waals surface area contributed by atoms with Gasteiger partial charge >= 0.3 is 0 Å². The quantitative estimate of drug-likeness (QED) is 0.527. The van der Waals surface area contributed by atoms with Crippen LogP contribution in [-0.2, 0) is 13.6 Å². The van der Waals surface area contributed by atoms with Gasteiger partial charge in [0.05, 0.1) is 22.5 Å². The number of nitrogens with one attached hydrogen (secondary N) is 1. The van der Waals surface area contributed by atoms with E-state index in [0.29, 0.717) is 12.5 Å². The zero-order chi connectivity index (χ0) is 24.0. The van der Waals surface area contributed by atoms with E-state index in [1.807, 2.05) is 24.3 Å². The number of likely N-dealkylation sites (tertiary alicyclic amines) is 1. The maximum absolute atomic E-state index is 13.6. The van der Waals surface area contributed by atoms with Crippen molar-refractivity contribution in [1.82, 2.24) is 24.3 Å². The molecular formula is C25H34N6OS2. The Morgan fingerprint density at radius 1 is 1.32 bits per heavy atom. The molecular weight excluding hydrogens is 464 g/mol. The van der Waals surface area contributed by atoms with Crippen molar-refractivity contribution in [2.45, 2.75) is 55.8 Å². The second kappa shape index (κ2) is 9.09. The van der Waals surface area contributed by atoms with Crippen LogP contribution in [0.25, 0.3) is 0 Å². The molecule has 2 aromatic heterocycles. The van der Waals surface area contributed by atoms with Gasteiger partial charge in [-0.3, -0.25) is 19.1 Å². The average molecular weight is 499 g/mol. The lowest BCUT2D eigenvalue weighted by Crippen LogP contribution is -2.46. The Kier molecular flexibility index (Phi) is 6.29. The van der Waals surface area contributed by atoms with Crippen LogP contribution in [0.3, 0.4) is 0 Å². The molecule has 2 aromatic rings. The van der Waals surface area contributed by atoms with E-state index in [0.717, 1.165) is 64.3 Å². The molecule has 0 radical (unpaired) electrons. The van der Waals surface area contributed by atoms with Crippen molar-refractivity contribution >= 4 is 34.2 Å². The van der Waals surface area contributed by atoms with Crippen molar-refractivity contribution in [2.24, 2.45) is 13.0 Å². The number of anilines is 1. The highest BCUT2D eigenvalue weighted by atomic mass is 32.2. The number of carbonyl (C=O) groups is 1. The Morgan fingerprint density at radius 3 is 2.68 bits per heavy atom. The van der Waals surface area contributed by atoms with Gasteiger partial charge in [-0.15, -0.1) is 11.3 Å². The summed E-state index contributed by atoms with van der Waals surface area (Å²) in [6.07, 6.45) is 8.43. The van der Waals surface area contributed by atoms with E-state index in [2.05, 4.69) is 52.7 Å². The van der Waals surface area contributed by atoms with Crippen molar-refractivity contribution in [3.05, 3.63) is 54.3 Å². The molecule has 1 saturated heterocycles. The largest absolute Gasteiger partial charge is 0.376 e. The van der Waals surface area contributed by atoms with Crippen molar-refractivity contribution in [2.75, 3.05) is 24.5 Å². The first-order chi connectivity index (χ1) is 16.2. The second-order valence-electron chi connectivity index (χ2n) is 10.2. The number of nitrogens with zero attached hydrogens (tertiary/aromatic N) is 5. The number of rotatable bonds is 8. The van der Waals surface area contributed by atoms with Crippen molar-refractivity contribution in [1.29, 1.82) is 0 Å². The van der Waals surface area contributed by atoms with Gasteiger partial charge in [-0.2, -0.15) is 5.10 Å². The smallest absolute Gasteiger partial charge is 0.262 e. The first-order valence-electron chi connectivity index (χ1n) is 12.0. The molecule has 1 N–H and O–H groups in total. The van der Waals surface area contributed by atoms with Crippen molar-refractivity contribution < 1.29 is 4.79 Å². The number of hydrogen-bond donors (Lipinski definition) is 1. The van der Waals surface area contributed by atoms with Gasteiger partial charge in [-0.05, 0) is 63.5 Å². The number of fused-ring (bicyclic) bond motifs is 1. The van der Waals surface area contributed by atoms with Crippen LogP contribution in [0.15, 0.2) is 47.3 Å². The molecule has 3 aliphatic rings. The highest BCUT2D eigenvalue weighted by molar-refractivity contribution is 7.99. The maximum Gasteiger partial charge on any atom is 0.262 e. The van der Waals surface area contributed by atoms with Crippen LogP contribution >= 0.6 is 23.3 Å². The topological polar surface area (TPSA) is 56.6 Å². The number of hydrogen-bond acceptors (Lipinski definition) is 7. The molecule has 1 aliphatic carbocycles. The Bertz CT molecular complexity index is 1110. The second-order valence-corrected chi connectivity index (χ2v) is 12.3. The van der Waals surface area contributed by atoms with Gasteiger partial charge in [-0.25, -0.2) is 0 Å². The molecule has 0 aromatic carbocycles. The molecule has 4 heterocycles. The third kappa shape index (κ3) is 4.78. The predicted molar refractivity (Wildman–Crippen MR) is 140 cm³/mol. The molecule has 0 spiro atoms. The highest BCUT2D eigenvalue weighted by Gasteiger charge is 2.39. The molecule has 7 nitrogen and oxygen atoms in total. The van der Waals surface area contributed by atoms with Crippen molar-refractivity contribution in [3.63, 3.8) is 0 Å². The summed E-state index contributed by atoms with van der Waals surface area (Å²) in [4.78, 5) is 20.1. The van der Waals surface area contributed by atoms with E-state index in [-0.39, 0.29) is 11.4 Å². The zero-order valence-corrected chi connectivity index (χ0v) is 22.0. The predicted octanol–water partition coefficient (Wildman–Crippen LogP) is 4.81. The zero-order valence-electron chi connectivity index (χ0n) is 20.3. The highest BCUT2D eigenvalue weighted by Crippen LogP contribution is 2.45. The maximum atomic E-state index is 13.6. The normalized spacial score (nSPS) is 20.1. The van der Waals surface area contributed by atoms with E-state index < -0.39 is 0 Å². The molecule has 1 amide bonds. The Hall–Kier alpha value is -2.23. The third-order valence-corrected chi connectivity index (χ3v) is 9.49. The number of aryl methyl sites for hydroxylation is 1. The summed E-state index contributed by atoms with van der Waals surface area (Å²) in [6.45, 7) is 16.3. The van der Waals surface area contributed by atoms with Gasteiger partial charge in [0.15, 0.2) is 0 Å². The Labute approximate surface area is 210 Å². The first kappa shape index (κ1) is 23.5. The lowest BCUT2D eigenvalue weighted by molar-refractivity contribution is 0.0781. The molecule has 0 bridgehead atoms. The van der Waals surface area contributed by atoms with E-state index in [1.54, 1.807) is 28.0 Å². The summed E-state index contributed by atoms with van der Waals surface area (Å²) in [5, 5.41) is 5.31. The van der Waals surface area contributed by atoms with Crippen LogP contribution in [0.1, 0.15) is 55.5 Å². The fourth-order valence-corrected chi connectivity index (χ4v) is 6.76. The SMILES string of the molecule is C=C(C)N1CCC(CN2C(=C)N(Cc3cnn(C)c3)C(=O)c3cc(SNC4(C)CC4)sc32)CC1. The molecule has 0 atom stereocenters. The summed E-state index contributed by atoms with van der Waals surface area (Å²) in [7, 11) is 1.90. The van der Waals surface area contributed by atoms with Crippen molar-refractivity contribution in [3.8, 4) is 0 Å². The molecule has 34 heavy (non-hydrogen) atoms. The lowest BCUT2D eigenvalue weighted by atomic mass is 9.95. The number of thiophene rings is 1. The molecule has 0 unspecified atom stereocenters. The third-order valence-electron chi connectivity index (χ3n) is 7.13. The Morgan fingerprint density at radius 2 is 2.06 bits per heavy atom. The molecule has 182 valence electrons. The summed E-state index contributed by atoms with van der Waals surface area (Å²) in [5.41, 5.74) is 3.16. The van der Waals surface area contributed by atoms with Crippen LogP contribution in [0.5, 0.6) is 0 Å². The van der Waals surface area contributed by atoms with Crippen LogP contribution in [0, 0.1) is 5.92 Å².